The van der Waals surface area contributed by atoms with Crippen LogP contribution in [0, 0.1) is 5.92 Å². The Morgan fingerprint density at radius 2 is 2.08 bits per heavy atom. The molecule has 1 aliphatic heterocycles. The van der Waals surface area contributed by atoms with E-state index >= 15 is 0 Å². The molecule has 0 aromatic heterocycles. The van der Waals surface area contributed by atoms with Crippen LogP contribution in [0.4, 0.5) is 0 Å². The average Bonchev–Trinajstić information content (AvgIpc) is 2.46. The first-order valence-corrected chi connectivity index (χ1v) is 6.33. The van der Waals surface area contributed by atoms with Gasteiger partial charge in [-0.2, -0.15) is 11.8 Å². The normalized spacial score (nSPS) is 29.5. The van der Waals surface area contributed by atoms with Crippen molar-refractivity contribution in [3.05, 3.63) is 0 Å². The van der Waals surface area contributed by atoms with Gasteiger partial charge in [0.15, 0.2) is 0 Å². The lowest BCUT2D eigenvalue weighted by atomic mass is 9.97. The first kappa shape index (κ1) is 10.4. The molecule has 1 saturated heterocycles. The van der Waals surface area contributed by atoms with Crippen molar-refractivity contribution in [3.63, 3.8) is 0 Å². The van der Waals surface area contributed by atoms with E-state index in [2.05, 4.69) is 6.92 Å². The first-order valence-electron chi connectivity index (χ1n) is 5.18. The van der Waals surface area contributed by atoms with Crippen LogP contribution in [0.25, 0.3) is 0 Å². The van der Waals surface area contributed by atoms with E-state index in [9.17, 15) is 0 Å². The van der Waals surface area contributed by atoms with Crippen LogP contribution in [0.1, 0.15) is 39.0 Å². The molecule has 72 valence electrons. The lowest BCUT2D eigenvalue weighted by Gasteiger charge is -2.13. The SMILES string of the molecule is CCCCCCC1CSCC1N. The third-order valence-electron chi connectivity index (χ3n) is 2.68. The van der Waals surface area contributed by atoms with Gasteiger partial charge < -0.3 is 5.73 Å². The lowest BCUT2D eigenvalue weighted by Crippen LogP contribution is -2.28. The molecule has 2 N–H and O–H groups in total. The fourth-order valence-corrected chi connectivity index (χ4v) is 3.14. The number of hydrogen-bond donors (Lipinski definition) is 1. The van der Waals surface area contributed by atoms with Gasteiger partial charge in [0.1, 0.15) is 0 Å². The summed E-state index contributed by atoms with van der Waals surface area (Å²) in [5, 5.41) is 0. The van der Waals surface area contributed by atoms with E-state index in [0.717, 1.165) is 5.92 Å². The maximum absolute atomic E-state index is 5.97. The lowest BCUT2D eigenvalue weighted by molar-refractivity contribution is 0.451. The van der Waals surface area contributed by atoms with Crippen LogP contribution in [-0.2, 0) is 0 Å². The summed E-state index contributed by atoms with van der Waals surface area (Å²) in [6, 6.07) is 0.497. The van der Waals surface area contributed by atoms with Gasteiger partial charge >= 0.3 is 0 Å². The van der Waals surface area contributed by atoms with Crippen LogP contribution in [0.2, 0.25) is 0 Å². The molecule has 0 bridgehead atoms. The van der Waals surface area contributed by atoms with E-state index in [1.807, 2.05) is 11.8 Å². The molecule has 0 aromatic carbocycles. The fraction of sp³-hybridized carbons (Fsp3) is 1.00. The molecule has 0 amide bonds. The van der Waals surface area contributed by atoms with Crippen molar-refractivity contribution < 1.29 is 0 Å². The Morgan fingerprint density at radius 1 is 1.25 bits per heavy atom. The molecule has 1 rings (SSSR count). The summed E-state index contributed by atoms with van der Waals surface area (Å²) < 4.78 is 0. The molecule has 2 atom stereocenters. The predicted molar refractivity (Wildman–Crippen MR) is 57.5 cm³/mol. The molecule has 2 unspecified atom stereocenters. The van der Waals surface area contributed by atoms with Gasteiger partial charge in [0.2, 0.25) is 0 Å². The monoisotopic (exact) mass is 187 g/mol. The van der Waals surface area contributed by atoms with Crippen molar-refractivity contribution in [2.75, 3.05) is 11.5 Å². The van der Waals surface area contributed by atoms with Gasteiger partial charge in [-0.15, -0.1) is 0 Å². The van der Waals surface area contributed by atoms with E-state index < -0.39 is 0 Å². The second kappa shape index (κ2) is 5.87. The van der Waals surface area contributed by atoms with Crippen molar-refractivity contribution in [2.24, 2.45) is 11.7 Å². The molecule has 0 saturated carbocycles. The molecule has 1 nitrogen and oxygen atoms in total. The molecule has 0 spiro atoms. The number of nitrogens with two attached hydrogens (primary N) is 1. The molecule has 1 fully saturated rings. The quantitative estimate of drug-likeness (QED) is 0.670. The Hall–Kier alpha value is 0.310. The maximum atomic E-state index is 5.97. The van der Waals surface area contributed by atoms with Gasteiger partial charge in [0.05, 0.1) is 0 Å². The molecule has 1 heterocycles. The van der Waals surface area contributed by atoms with Crippen LogP contribution < -0.4 is 5.73 Å². The van der Waals surface area contributed by atoms with Gasteiger partial charge in [-0.1, -0.05) is 32.6 Å². The topological polar surface area (TPSA) is 26.0 Å². The standard InChI is InChI=1S/C10H21NS/c1-2-3-4-5-6-9-7-12-8-10(9)11/h9-10H,2-8,11H2,1H3. The zero-order valence-corrected chi connectivity index (χ0v) is 8.91. The summed E-state index contributed by atoms with van der Waals surface area (Å²) in [5.41, 5.74) is 5.97. The van der Waals surface area contributed by atoms with Gasteiger partial charge in [-0.3, -0.25) is 0 Å². The minimum absolute atomic E-state index is 0.497. The van der Waals surface area contributed by atoms with E-state index in [-0.39, 0.29) is 0 Å². The molecule has 2 heteroatoms. The number of hydrogen-bond acceptors (Lipinski definition) is 2. The first-order chi connectivity index (χ1) is 5.84. The summed E-state index contributed by atoms with van der Waals surface area (Å²) in [7, 11) is 0. The molecule has 12 heavy (non-hydrogen) atoms. The van der Waals surface area contributed by atoms with E-state index in [4.69, 9.17) is 5.73 Å². The van der Waals surface area contributed by atoms with Crippen LogP contribution in [0.3, 0.4) is 0 Å². The zero-order valence-electron chi connectivity index (χ0n) is 8.09. The summed E-state index contributed by atoms with van der Waals surface area (Å²) in [6.45, 7) is 2.26. The summed E-state index contributed by atoms with van der Waals surface area (Å²) >= 11 is 2.03. The Balaban J connectivity index is 1.98. The van der Waals surface area contributed by atoms with Gasteiger partial charge in [0.25, 0.3) is 0 Å². The Kier molecular flexibility index (Phi) is 5.08. The molecular weight excluding hydrogens is 166 g/mol. The predicted octanol–water partition coefficient (Wildman–Crippen LogP) is 2.65. The largest absolute Gasteiger partial charge is 0.327 e. The van der Waals surface area contributed by atoms with E-state index in [0.29, 0.717) is 6.04 Å². The van der Waals surface area contributed by atoms with Crippen LogP contribution in [0.15, 0.2) is 0 Å². The zero-order chi connectivity index (χ0) is 8.81. The van der Waals surface area contributed by atoms with E-state index in [1.165, 1.54) is 43.6 Å². The van der Waals surface area contributed by atoms with Crippen molar-refractivity contribution in [1.29, 1.82) is 0 Å². The second-order valence-corrected chi connectivity index (χ2v) is 4.89. The number of thioether (sulfide) groups is 1. The molecule has 0 aromatic rings. The Bertz CT molecular complexity index is 116. The summed E-state index contributed by atoms with van der Waals surface area (Å²) in [6.07, 6.45) is 6.91. The number of unbranched alkanes of at least 4 members (excludes halogenated alkanes) is 3. The third-order valence-corrected chi connectivity index (χ3v) is 3.96. The molecule has 0 radical (unpaired) electrons. The van der Waals surface area contributed by atoms with Gasteiger partial charge in [0, 0.05) is 11.8 Å². The van der Waals surface area contributed by atoms with Crippen molar-refractivity contribution in [2.45, 2.75) is 45.1 Å². The van der Waals surface area contributed by atoms with Gasteiger partial charge in [-0.05, 0) is 18.1 Å². The Labute approximate surface area is 80.5 Å². The van der Waals surface area contributed by atoms with Crippen molar-refractivity contribution in [3.8, 4) is 0 Å². The highest BCUT2D eigenvalue weighted by Crippen LogP contribution is 2.27. The third kappa shape index (κ3) is 3.36. The highest BCUT2D eigenvalue weighted by atomic mass is 32.2. The smallest absolute Gasteiger partial charge is 0.0166 e. The van der Waals surface area contributed by atoms with Crippen LogP contribution in [0.5, 0.6) is 0 Å². The molecule has 1 aliphatic rings. The summed E-state index contributed by atoms with van der Waals surface area (Å²) in [4.78, 5) is 0. The van der Waals surface area contributed by atoms with E-state index in [1.54, 1.807) is 0 Å². The summed E-state index contributed by atoms with van der Waals surface area (Å²) in [5.74, 6) is 3.33. The minimum atomic E-state index is 0.497. The highest BCUT2D eigenvalue weighted by molar-refractivity contribution is 7.99. The van der Waals surface area contributed by atoms with Crippen LogP contribution >= 0.6 is 11.8 Å². The van der Waals surface area contributed by atoms with Crippen molar-refractivity contribution in [1.82, 2.24) is 0 Å². The molecular formula is C10H21NS. The fourth-order valence-electron chi connectivity index (χ4n) is 1.75. The highest BCUT2D eigenvalue weighted by Gasteiger charge is 2.23. The maximum Gasteiger partial charge on any atom is 0.0166 e. The average molecular weight is 187 g/mol. The minimum Gasteiger partial charge on any atom is -0.327 e. The second-order valence-electron chi connectivity index (χ2n) is 3.81. The number of rotatable bonds is 5. The van der Waals surface area contributed by atoms with Crippen molar-refractivity contribution >= 4 is 11.8 Å². The van der Waals surface area contributed by atoms with Crippen LogP contribution in [-0.4, -0.2) is 17.5 Å². The molecule has 0 aliphatic carbocycles. The van der Waals surface area contributed by atoms with Gasteiger partial charge in [-0.25, -0.2) is 0 Å². The Morgan fingerprint density at radius 3 is 2.67 bits per heavy atom.